The number of methoxy groups -OCH3 is 2. The largest absolute Gasteiger partial charge is 0.496 e. The second-order valence-corrected chi connectivity index (χ2v) is 6.44. The van der Waals surface area contributed by atoms with E-state index in [0.717, 1.165) is 30.9 Å². The molecule has 9 heteroatoms. The maximum atomic E-state index is 11.3. The highest BCUT2D eigenvalue weighted by Crippen LogP contribution is 2.32. The van der Waals surface area contributed by atoms with Gasteiger partial charge < -0.3 is 19.5 Å². The molecule has 2 aromatic carbocycles. The summed E-state index contributed by atoms with van der Waals surface area (Å²) < 4.78 is 16.3. The normalized spacial score (nSPS) is 16.6. The number of nitrogens with one attached hydrogen (secondary N) is 1. The summed E-state index contributed by atoms with van der Waals surface area (Å²) in [5.74, 6) is 1.53. The first-order valence-electron chi connectivity index (χ1n) is 9.17. The molecule has 0 saturated carbocycles. The summed E-state index contributed by atoms with van der Waals surface area (Å²) in [7, 11) is 3.15. The van der Waals surface area contributed by atoms with E-state index in [1.54, 1.807) is 19.2 Å². The second-order valence-electron chi connectivity index (χ2n) is 6.44. The van der Waals surface area contributed by atoms with Crippen molar-refractivity contribution in [3.63, 3.8) is 0 Å². The van der Waals surface area contributed by atoms with Gasteiger partial charge in [0.15, 0.2) is 5.75 Å². The van der Waals surface area contributed by atoms with Crippen LogP contribution in [-0.2, 0) is 0 Å². The number of halogens is 1. The molecular weight excluding hydrogens is 398 g/mol. The van der Waals surface area contributed by atoms with Crippen molar-refractivity contribution in [2.45, 2.75) is 6.04 Å². The monoisotopic (exact) mass is 423 g/mol. The first-order chi connectivity index (χ1) is 13.6. The molecule has 0 radical (unpaired) electrons. The molecule has 3 rings (SSSR count). The smallest absolute Gasteiger partial charge is 0.314 e. The van der Waals surface area contributed by atoms with Gasteiger partial charge in [0.05, 0.1) is 31.3 Å². The Balaban J connectivity index is 0.00000300. The number of ether oxygens (including phenoxy) is 3. The minimum Gasteiger partial charge on any atom is -0.496 e. The molecule has 1 unspecified atom stereocenters. The molecule has 0 aromatic heterocycles. The number of para-hydroxylation sites is 1. The number of hydrogen-bond donors (Lipinski definition) is 1. The van der Waals surface area contributed by atoms with Crippen LogP contribution in [0.5, 0.6) is 17.2 Å². The van der Waals surface area contributed by atoms with Crippen molar-refractivity contribution < 1.29 is 19.1 Å². The Morgan fingerprint density at radius 2 is 1.97 bits per heavy atom. The summed E-state index contributed by atoms with van der Waals surface area (Å²) in [5, 5.41) is 14.7. The average molecular weight is 424 g/mol. The number of nitro groups is 1. The van der Waals surface area contributed by atoms with Gasteiger partial charge >= 0.3 is 5.69 Å². The third-order valence-corrected chi connectivity index (χ3v) is 4.85. The molecule has 8 nitrogen and oxygen atoms in total. The van der Waals surface area contributed by atoms with Gasteiger partial charge in [-0.3, -0.25) is 15.0 Å². The van der Waals surface area contributed by atoms with E-state index in [0.29, 0.717) is 18.9 Å². The molecular formula is C20H26ClN3O5. The Bertz CT molecular complexity index is 820. The molecule has 0 aliphatic carbocycles. The predicted octanol–water partition coefficient (Wildman–Crippen LogP) is 3.06. The van der Waals surface area contributed by atoms with Crippen molar-refractivity contribution in [3.05, 3.63) is 58.1 Å². The zero-order valence-electron chi connectivity index (χ0n) is 16.5. The molecule has 0 bridgehead atoms. The lowest BCUT2D eigenvalue weighted by Gasteiger charge is -2.36. The number of hydrogen-bond acceptors (Lipinski definition) is 7. The number of piperazine rings is 1. The van der Waals surface area contributed by atoms with E-state index < -0.39 is 4.92 Å². The summed E-state index contributed by atoms with van der Waals surface area (Å²) in [4.78, 5) is 13.2. The molecule has 1 aliphatic rings. The van der Waals surface area contributed by atoms with E-state index in [-0.39, 0.29) is 29.9 Å². The van der Waals surface area contributed by atoms with Gasteiger partial charge in [-0.1, -0.05) is 18.2 Å². The minimum absolute atomic E-state index is 0. The third kappa shape index (κ3) is 5.50. The van der Waals surface area contributed by atoms with Crippen molar-refractivity contribution in [2.75, 3.05) is 47.0 Å². The van der Waals surface area contributed by atoms with E-state index in [2.05, 4.69) is 16.3 Å². The Morgan fingerprint density at radius 1 is 1.17 bits per heavy atom. The van der Waals surface area contributed by atoms with Crippen LogP contribution in [0.1, 0.15) is 11.6 Å². The van der Waals surface area contributed by atoms with Gasteiger partial charge in [0.1, 0.15) is 18.1 Å². The molecule has 1 N–H and O–H groups in total. The molecule has 0 amide bonds. The van der Waals surface area contributed by atoms with Gasteiger partial charge in [-0.2, -0.15) is 0 Å². The molecule has 1 aliphatic heterocycles. The van der Waals surface area contributed by atoms with Gasteiger partial charge in [-0.15, -0.1) is 12.4 Å². The first-order valence-corrected chi connectivity index (χ1v) is 9.17. The van der Waals surface area contributed by atoms with Crippen LogP contribution in [0, 0.1) is 10.1 Å². The SMILES string of the molecule is COc1ccc(OCCN2CCNCC2c2ccccc2OC)c([N+](=O)[O-])c1.Cl. The van der Waals surface area contributed by atoms with Crippen molar-refractivity contribution in [2.24, 2.45) is 0 Å². The van der Waals surface area contributed by atoms with Crippen LogP contribution in [0.25, 0.3) is 0 Å². The van der Waals surface area contributed by atoms with E-state index in [4.69, 9.17) is 14.2 Å². The minimum atomic E-state index is -0.458. The fourth-order valence-electron chi connectivity index (χ4n) is 3.42. The Labute approximate surface area is 176 Å². The predicted molar refractivity (Wildman–Crippen MR) is 113 cm³/mol. The van der Waals surface area contributed by atoms with Crippen LogP contribution < -0.4 is 19.5 Å². The van der Waals surface area contributed by atoms with Crippen molar-refractivity contribution >= 4 is 18.1 Å². The molecule has 1 saturated heterocycles. The molecule has 1 atom stereocenters. The summed E-state index contributed by atoms with van der Waals surface area (Å²) >= 11 is 0. The van der Waals surface area contributed by atoms with E-state index in [1.165, 1.54) is 13.2 Å². The van der Waals surface area contributed by atoms with Crippen molar-refractivity contribution in [3.8, 4) is 17.2 Å². The van der Waals surface area contributed by atoms with Crippen LogP contribution in [0.2, 0.25) is 0 Å². The van der Waals surface area contributed by atoms with E-state index in [9.17, 15) is 10.1 Å². The Kier molecular flexibility index (Phi) is 8.50. The Morgan fingerprint density at radius 3 is 2.69 bits per heavy atom. The maximum Gasteiger partial charge on any atom is 0.314 e. The number of benzene rings is 2. The summed E-state index contributed by atoms with van der Waals surface area (Å²) in [6, 6.07) is 12.7. The molecule has 1 heterocycles. The van der Waals surface area contributed by atoms with Gasteiger partial charge in [-0.05, 0) is 18.2 Å². The van der Waals surface area contributed by atoms with Crippen LogP contribution in [0.15, 0.2) is 42.5 Å². The summed E-state index contributed by atoms with van der Waals surface area (Å²) in [6.07, 6.45) is 0. The zero-order valence-corrected chi connectivity index (χ0v) is 17.3. The average Bonchev–Trinajstić information content (AvgIpc) is 2.74. The molecule has 0 spiro atoms. The van der Waals surface area contributed by atoms with Gasteiger partial charge in [0.25, 0.3) is 0 Å². The van der Waals surface area contributed by atoms with Gasteiger partial charge in [0.2, 0.25) is 0 Å². The highest BCUT2D eigenvalue weighted by atomic mass is 35.5. The maximum absolute atomic E-state index is 11.3. The van der Waals surface area contributed by atoms with Crippen LogP contribution >= 0.6 is 12.4 Å². The van der Waals surface area contributed by atoms with Crippen LogP contribution in [0.4, 0.5) is 5.69 Å². The number of nitrogens with zero attached hydrogens (tertiary/aromatic N) is 2. The lowest BCUT2D eigenvalue weighted by Crippen LogP contribution is -2.47. The first kappa shape index (κ1) is 22.7. The second kappa shape index (κ2) is 10.8. The standard InChI is InChI=1S/C20H25N3O5.ClH/c1-26-15-7-8-20(17(13-15)23(24)25)28-12-11-22-10-9-21-14-18(22)16-5-3-4-6-19(16)27-2;/h3-8,13,18,21H,9-12,14H2,1-2H3;1H. The van der Waals surface area contributed by atoms with E-state index >= 15 is 0 Å². The molecule has 158 valence electrons. The highest BCUT2D eigenvalue weighted by Gasteiger charge is 2.26. The lowest BCUT2D eigenvalue weighted by molar-refractivity contribution is -0.385. The summed E-state index contributed by atoms with van der Waals surface area (Å²) in [5.41, 5.74) is 1.02. The van der Waals surface area contributed by atoms with Gasteiger partial charge in [-0.25, -0.2) is 0 Å². The van der Waals surface area contributed by atoms with Crippen LogP contribution in [0.3, 0.4) is 0 Å². The lowest BCUT2D eigenvalue weighted by atomic mass is 10.0. The zero-order chi connectivity index (χ0) is 19.9. The topological polar surface area (TPSA) is 86.1 Å². The molecule has 29 heavy (non-hydrogen) atoms. The van der Waals surface area contributed by atoms with Crippen molar-refractivity contribution in [1.82, 2.24) is 10.2 Å². The van der Waals surface area contributed by atoms with Crippen molar-refractivity contribution in [1.29, 1.82) is 0 Å². The fourth-order valence-corrected chi connectivity index (χ4v) is 3.42. The summed E-state index contributed by atoms with van der Waals surface area (Å²) in [6.45, 7) is 3.54. The quantitative estimate of drug-likeness (QED) is 0.515. The highest BCUT2D eigenvalue weighted by molar-refractivity contribution is 5.85. The number of rotatable bonds is 8. The molecule has 2 aromatic rings. The van der Waals surface area contributed by atoms with Crippen LogP contribution in [-0.4, -0.2) is 56.8 Å². The fraction of sp³-hybridized carbons (Fsp3) is 0.400. The third-order valence-electron chi connectivity index (χ3n) is 4.85. The molecule has 1 fully saturated rings. The van der Waals surface area contributed by atoms with E-state index in [1.807, 2.05) is 18.2 Å². The number of nitro benzene ring substituents is 1. The Hall–Kier alpha value is -2.55. The van der Waals surface area contributed by atoms with Gasteiger partial charge in [0, 0.05) is 31.7 Å².